The van der Waals surface area contributed by atoms with Crippen molar-refractivity contribution in [3.63, 3.8) is 0 Å². The number of likely N-dealkylation sites (N-methyl/N-ethyl adjacent to an activating group) is 1. The molecule has 0 bridgehead atoms. The first-order chi connectivity index (χ1) is 9.10. The van der Waals surface area contributed by atoms with Gasteiger partial charge in [0, 0.05) is 38.8 Å². The fraction of sp³-hybridized carbons (Fsp3) is 0.583. The van der Waals surface area contributed by atoms with Gasteiger partial charge in [-0.25, -0.2) is 18.8 Å². The second-order valence-electron chi connectivity index (χ2n) is 4.58. The normalized spacial score (nSPS) is 17.5. The van der Waals surface area contributed by atoms with Gasteiger partial charge in [0.15, 0.2) is 23.3 Å². The Hall–Kier alpha value is -1.47. The lowest BCUT2D eigenvalue weighted by molar-refractivity contribution is 0.178. The van der Waals surface area contributed by atoms with Crippen LogP contribution < -0.4 is 10.7 Å². The molecule has 0 radical (unpaired) electrons. The summed E-state index contributed by atoms with van der Waals surface area (Å²) in [4.78, 5) is 6.14. The average molecular weight is 271 g/mol. The van der Waals surface area contributed by atoms with Crippen molar-refractivity contribution in [3.8, 4) is 0 Å². The molecule has 1 aromatic heterocycles. The van der Waals surface area contributed by atoms with Crippen LogP contribution in [-0.4, -0.2) is 54.7 Å². The van der Waals surface area contributed by atoms with E-state index in [9.17, 15) is 8.78 Å². The number of piperazine rings is 1. The van der Waals surface area contributed by atoms with Crippen LogP contribution in [0, 0.1) is 11.6 Å². The molecule has 1 saturated heterocycles. The Bertz CT molecular complexity index is 432. The second kappa shape index (κ2) is 6.12. The largest absolute Gasteiger partial charge is 0.368 e. The van der Waals surface area contributed by atoms with E-state index in [1.54, 1.807) is 0 Å². The predicted octanol–water partition coefficient (Wildman–Crippen LogP) is 1.37. The number of rotatable bonds is 4. The molecule has 2 N–H and O–H groups in total. The van der Waals surface area contributed by atoms with Crippen LogP contribution in [0.1, 0.15) is 6.92 Å². The maximum absolute atomic E-state index is 13.7. The van der Waals surface area contributed by atoms with Crippen LogP contribution >= 0.6 is 0 Å². The maximum atomic E-state index is 13.7. The first kappa shape index (κ1) is 14.0. The Morgan fingerprint density at radius 3 is 2.42 bits per heavy atom. The maximum Gasteiger partial charge on any atom is 0.179 e. The molecule has 0 unspecified atom stereocenters. The highest BCUT2D eigenvalue weighted by Crippen LogP contribution is 2.19. The second-order valence-corrected chi connectivity index (χ2v) is 4.58. The summed E-state index contributed by atoms with van der Waals surface area (Å²) in [7, 11) is 2.04. The van der Waals surface area contributed by atoms with E-state index in [0.29, 0.717) is 6.54 Å². The molecule has 0 aliphatic carbocycles. The highest BCUT2D eigenvalue weighted by Gasteiger charge is 2.17. The fourth-order valence-corrected chi connectivity index (χ4v) is 1.90. The van der Waals surface area contributed by atoms with Crippen molar-refractivity contribution in [1.29, 1.82) is 0 Å². The molecule has 106 valence electrons. The van der Waals surface area contributed by atoms with E-state index in [0.717, 1.165) is 32.2 Å². The van der Waals surface area contributed by atoms with Gasteiger partial charge in [-0.2, -0.15) is 0 Å². The average Bonchev–Trinajstić information content (AvgIpc) is 2.38. The van der Waals surface area contributed by atoms with Gasteiger partial charge >= 0.3 is 0 Å². The highest BCUT2D eigenvalue weighted by molar-refractivity contribution is 5.47. The van der Waals surface area contributed by atoms with Crippen LogP contribution in [0.2, 0.25) is 0 Å². The molecule has 1 fully saturated rings. The molecule has 1 aliphatic heterocycles. The summed E-state index contributed by atoms with van der Waals surface area (Å²) in [5.41, 5.74) is 2.91. The number of hydrogen-bond acceptors (Lipinski definition) is 5. The van der Waals surface area contributed by atoms with Crippen molar-refractivity contribution in [2.24, 2.45) is 0 Å². The molecule has 0 amide bonds. The molecule has 2 rings (SSSR count). The summed E-state index contributed by atoms with van der Waals surface area (Å²) in [6.45, 7) is 5.70. The molecule has 19 heavy (non-hydrogen) atoms. The van der Waals surface area contributed by atoms with Crippen molar-refractivity contribution in [2.45, 2.75) is 6.92 Å². The topological polar surface area (TPSA) is 43.4 Å². The Morgan fingerprint density at radius 2 is 1.79 bits per heavy atom. The molecule has 7 heteroatoms. The van der Waals surface area contributed by atoms with Gasteiger partial charge in [-0.05, 0) is 14.0 Å². The predicted molar refractivity (Wildman–Crippen MR) is 71.0 cm³/mol. The molecule has 1 aliphatic rings. The molecule has 0 spiro atoms. The minimum Gasteiger partial charge on any atom is -0.368 e. The van der Waals surface area contributed by atoms with Crippen molar-refractivity contribution < 1.29 is 8.78 Å². The van der Waals surface area contributed by atoms with Crippen LogP contribution in [0.5, 0.6) is 0 Å². The lowest BCUT2D eigenvalue weighted by atomic mass is 10.3. The Labute approximate surface area is 111 Å². The zero-order chi connectivity index (χ0) is 13.8. The molecule has 0 saturated carbocycles. The van der Waals surface area contributed by atoms with Gasteiger partial charge < -0.3 is 15.6 Å². The number of nitrogens with zero attached hydrogens (tertiary/aromatic N) is 3. The smallest absolute Gasteiger partial charge is 0.179 e. The van der Waals surface area contributed by atoms with Crippen LogP contribution in [0.3, 0.4) is 0 Å². The SMILES string of the molecule is CCNc1nc(NN2CCN(C)CC2)c(F)cc1F. The summed E-state index contributed by atoms with van der Waals surface area (Å²) in [5, 5.41) is 4.66. The van der Waals surface area contributed by atoms with Crippen molar-refractivity contribution in [1.82, 2.24) is 14.9 Å². The standard InChI is InChI=1S/C12H19F2N5/c1-3-15-11-9(13)8-10(14)12(16-11)17-19-6-4-18(2)5-7-19/h8H,3-7H2,1-2H3,(H2,15,16,17). The lowest BCUT2D eigenvalue weighted by Gasteiger charge is -2.32. The lowest BCUT2D eigenvalue weighted by Crippen LogP contribution is -2.47. The van der Waals surface area contributed by atoms with Crippen molar-refractivity contribution >= 4 is 11.6 Å². The van der Waals surface area contributed by atoms with Crippen LogP contribution in [-0.2, 0) is 0 Å². The molecular weight excluding hydrogens is 252 g/mol. The van der Waals surface area contributed by atoms with Gasteiger partial charge in [0.05, 0.1) is 0 Å². The Balaban J connectivity index is 2.08. The first-order valence-electron chi connectivity index (χ1n) is 6.40. The molecule has 5 nitrogen and oxygen atoms in total. The number of nitrogens with one attached hydrogen (secondary N) is 2. The summed E-state index contributed by atoms with van der Waals surface area (Å²) in [5.74, 6) is -1.23. The quantitative estimate of drug-likeness (QED) is 0.866. The zero-order valence-corrected chi connectivity index (χ0v) is 11.2. The van der Waals surface area contributed by atoms with Gasteiger partial charge in [0.1, 0.15) is 0 Å². The van der Waals surface area contributed by atoms with Crippen LogP contribution in [0.15, 0.2) is 6.07 Å². The van der Waals surface area contributed by atoms with Crippen molar-refractivity contribution in [3.05, 3.63) is 17.7 Å². The third kappa shape index (κ3) is 3.51. The number of pyridine rings is 1. The van der Waals surface area contributed by atoms with E-state index >= 15 is 0 Å². The van der Waals surface area contributed by atoms with Gasteiger partial charge in [-0.1, -0.05) is 0 Å². The van der Waals surface area contributed by atoms with Gasteiger partial charge in [-0.3, -0.25) is 0 Å². The Morgan fingerprint density at radius 1 is 1.16 bits per heavy atom. The molecule has 0 aromatic carbocycles. The summed E-state index contributed by atoms with van der Waals surface area (Å²) >= 11 is 0. The van der Waals surface area contributed by atoms with E-state index in [1.165, 1.54) is 0 Å². The van der Waals surface area contributed by atoms with Gasteiger partial charge in [0.25, 0.3) is 0 Å². The monoisotopic (exact) mass is 271 g/mol. The third-order valence-corrected chi connectivity index (χ3v) is 3.04. The van der Waals surface area contributed by atoms with E-state index in [2.05, 4.69) is 20.6 Å². The van der Waals surface area contributed by atoms with Crippen LogP contribution in [0.4, 0.5) is 20.4 Å². The molecule has 1 aromatic rings. The Kier molecular flexibility index (Phi) is 4.49. The van der Waals surface area contributed by atoms with E-state index in [-0.39, 0.29) is 11.6 Å². The number of halogens is 2. The molecule has 2 heterocycles. The number of aromatic nitrogens is 1. The van der Waals surface area contributed by atoms with Gasteiger partial charge in [0.2, 0.25) is 0 Å². The first-order valence-corrected chi connectivity index (χ1v) is 6.40. The number of anilines is 2. The minimum atomic E-state index is -0.682. The van der Waals surface area contributed by atoms with Crippen LogP contribution in [0.25, 0.3) is 0 Å². The minimum absolute atomic E-state index is 0.0573. The molecule has 0 atom stereocenters. The van der Waals surface area contributed by atoms with E-state index in [1.807, 2.05) is 19.0 Å². The fourth-order valence-electron chi connectivity index (χ4n) is 1.90. The molecular formula is C12H19F2N5. The van der Waals surface area contributed by atoms with E-state index in [4.69, 9.17) is 0 Å². The summed E-state index contributed by atoms with van der Waals surface area (Å²) < 4.78 is 27.1. The highest BCUT2D eigenvalue weighted by atomic mass is 19.1. The van der Waals surface area contributed by atoms with Crippen molar-refractivity contribution in [2.75, 3.05) is 50.5 Å². The van der Waals surface area contributed by atoms with E-state index < -0.39 is 11.6 Å². The van der Waals surface area contributed by atoms with Gasteiger partial charge in [-0.15, -0.1) is 0 Å². The number of hydrazine groups is 1. The summed E-state index contributed by atoms with van der Waals surface area (Å²) in [6.07, 6.45) is 0. The zero-order valence-electron chi connectivity index (χ0n) is 11.2. The number of hydrogen-bond donors (Lipinski definition) is 2. The third-order valence-electron chi connectivity index (χ3n) is 3.04. The summed E-state index contributed by atoms with van der Waals surface area (Å²) in [6, 6.07) is 0.851.